The summed E-state index contributed by atoms with van der Waals surface area (Å²) in [6.45, 7) is 0. The molecular weight excluding hydrogens is 388 g/mol. The molecule has 1 spiro atoms. The van der Waals surface area contributed by atoms with Gasteiger partial charge in [-0.2, -0.15) is 0 Å². The van der Waals surface area contributed by atoms with Crippen molar-refractivity contribution >= 4 is 27.6 Å². The summed E-state index contributed by atoms with van der Waals surface area (Å²) in [6.07, 6.45) is 3.76. The van der Waals surface area contributed by atoms with Crippen LogP contribution in [0.25, 0.3) is 0 Å². The van der Waals surface area contributed by atoms with E-state index in [4.69, 9.17) is 0 Å². The van der Waals surface area contributed by atoms with E-state index in [2.05, 4.69) is 4.74 Å². The first-order chi connectivity index (χ1) is 13.2. The molecule has 1 atom stereocenters. The Hall–Kier alpha value is -2.49. The predicted molar refractivity (Wildman–Crippen MR) is 97.7 cm³/mol. The van der Waals surface area contributed by atoms with Crippen molar-refractivity contribution < 1.29 is 27.7 Å². The lowest BCUT2D eigenvalue weighted by atomic mass is 9.78. The fourth-order valence-corrected chi connectivity index (χ4v) is 6.15. The molecular formula is C18H22N2O7S. The Bertz CT molecular complexity index is 889. The van der Waals surface area contributed by atoms with Gasteiger partial charge < -0.3 is 4.74 Å². The molecule has 0 N–H and O–H groups in total. The quantitative estimate of drug-likeness (QED) is 0.415. The highest BCUT2D eigenvalue weighted by molar-refractivity contribution is 7.89. The molecule has 0 unspecified atom stereocenters. The molecule has 1 aliphatic heterocycles. The first-order valence-electron chi connectivity index (χ1n) is 9.12. The van der Waals surface area contributed by atoms with E-state index >= 15 is 0 Å². The van der Waals surface area contributed by atoms with E-state index in [1.807, 2.05) is 0 Å². The van der Waals surface area contributed by atoms with Crippen LogP contribution in [-0.2, 0) is 24.3 Å². The lowest BCUT2D eigenvalue weighted by Gasteiger charge is -2.40. The second-order valence-electron chi connectivity index (χ2n) is 7.32. The van der Waals surface area contributed by atoms with Crippen molar-refractivity contribution in [2.75, 3.05) is 7.11 Å². The molecule has 2 fully saturated rings. The van der Waals surface area contributed by atoms with Crippen LogP contribution in [0, 0.1) is 16.0 Å². The summed E-state index contributed by atoms with van der Waals surface area (Å²) in [5, 5.41) is 10.8. The minimum Gasteiger partial charge on any atom is -0.469 e. The largest absolute Gasteiger partial charge is 0.469 e. The van der Waals surface area contributed by atoms with Crippen molar-refractivity contribution in [2.24, 2.45) is 5.92 Å². The van der Waals surface area contributed by atoms with Gasteiger partial charge in [-0.05, 0) is 31.4 Å². The van der Waals surface area contributed by atoms with Crippen LogP contribution in [-0.4, -0.2) is 42.2 Å². The van der Waals surface area contributed by atoms with Crippen molar-refractivity contribution in [3.63, 3.8) is 0 Å². The molecule has 1 aromatic rings. The summed E-state index contributed by atoms with van der Waals surface area (Å²) < 4.78 is 32.2. The Labute approximate surface area is 162 Å². The zero-order valence-electron chi connectivity index (χ0n) is 15.5. The Morgan fingerprint density at radius 2 is 1.86 bits per heavy atom. The van der Waals surface area contributed by atoms with Gasteiger partial charge in [0, 0.05) is 12.1 Å². The number of non-ortho nitro benzene ring substituents is 1. The smallest absolute Gasteiger partial charge is 0.306 e. The number of amides is 1. The summed E-state index contributed by atoms with van der Waals surface area (Å²) in [5.74, 6) is -1.91. The lowest BCUT2D eigenvalue weighted by Crippen LogP contribution is -2.50. The molecule has 0 bridgehead atoms. The van der Waals surface area contributed by atoms with E-state index in [0.717, 1.165) is 47.8 Å². The molecule has 0 aromatic heterocycles. The van der Waals surface area contributed by atoms with Gasteiger partial charge in [-0.25, -0.2) is 12.7 Å². The average Bonchev–Trinajstić information content (AvgIpc) is 2.93. The third kappa shape index (κ3) is 3.48. The van der Waals surface area contributed by atoms with E-state index in [9.17, 15) is 28.1 Å². The van der Waals surface area contributed by atoms with Crippen molar-refractivity contribution in [3.8, 4) is 0 Å². The van der Waals surface area contributed by atoms with Crippen LogP contribution < -0.4 is 0 Å². The van der Waals surface area contributed by atoms with E-state index in [1.54, 1.807) is 0 Å². The van der Waals surface area contributed by atoms with Gasteiger partial charge in [0.25, 0.3) is 15.7 Å². The fourth-order valence-electron chi connectivity index (χ4n) is 4.31. The number of carbonyl (C=O) groups is 2. The molecule has 152 valence electrons. The van der Waals surface area contributed by atoms with Crippen molar-refractivity contribution in [2.45, 2.75) is 55.4 Å². The highest BCUT2D eigenvalue weighted by Crippen LogP contribution is 2.48. The van der Waals surface area contributed by atoms with E-state index < -0.39 is 38.3 Å². The van der Waals surface area contributed by atoms with Crippen LogP contribution in [0.5, 0.6) is 0 Å². The molecule has 1 amide bonds. The summed E-state index contributed by atoms with van der Waals surface area (Å²) in [6, 6.07) is 4.50. The van der Waals surface area contributed by atoms with Gasteiger partial charge in [0.05, 0.1) is 34.8 Å². The molecule has 1 aliphatic carbocycles. The molecule has 1 aromatic carbocycles. The maximum atomic E-state index is 13.3. The van der Waals surface area contributed by atoms with Gasteiger partial charge in [0.15, 0.2) is 0 Å². The van der Waals surface area contributed by atoms with Gasteiger partial charge in [-0.3, -0.25) is 19.7 Å². The summed E-state index contributed by atoms with van der Waals surface area (Å²) in [4.78, 5) is 34.8. The monoisotopic (exact) mass is 410 g/mol. The standard InChI is InChI=1S/C18H22N2O7S/c1-27-16(21)11-13-12-18(9-3-2-4-10-18)19(17(13)22)28(25,26)15-7-5-14(6-8-15)20(23)24/h5-8,13H,2-4,9-12H2,1H3/t13-/m1/s1. The number of nitrogens with zero attached hydrogens (tertiary/aromatic N) is 2. The predicted octanol–water partition coefficient (Wildman–Crippen LogP) is 2.40. The summed E-state index contributed by atoms with van der Waals surface area (Å²) in [7, 11) is -2.98. The molecule has 2 aliphatic rings. The van der Waals surface area contributed by atoms with E-state index in [-0.39, 0.29) is 23.4 Å². The normalized spacial score (nSPS) is 21.7. The molecule has 9 nitrogen and oxygen atoms in total. The van der Waals surface area contributed by atoms with Gasteiger partial charge in [0.1, 0.15) is 0 Å². The third-order valence-electron chi connectivity index (χ3n) is 5.62. The Kier molecular flexibility index (Phi) is 5.42. The van der Waals surface area contributed by atoms with Crippen molar-refractivity contribution in [1.29, 1.82) is 0 Å². The van der Waals surface area contributed by atoms with Crippen LogP contribution in [0.15, 0.2) is 29.2 Å². The lowest BCUT2D eigenvalue weighted by molar-refractivity contribution is -0.384. The maximum absolute atomic E-state index is 13.3. The van der Waals surface area contributed by atoms with Crippen LogP contribution in [0.4, 0.5) is 5.69 Å². The van der Waals surface area contributed by atoms with Crippen molar-refractivity contribution in [3.05, 3.63) is 34.4 Å². The molecule has 1 heterocycles. The number of rotatable bonds is 5. The van der Waals surface area contributed by atoms with Gasteiger partial charge >= 0.3 is 5.97 Å². The summed E-state index contributed by atoms with van der Waals surface area (Å²) in [5.41, 5.74) is -1.09. The first-order valence-corrected chi connectivity index (χ1v) is 10.6. The van der Waals surface area contributed by atoms with E-state index in [0.29, 0.717) is 12.8 Å². The number of carbonyl (C=O) groups excluding carboxylic acids is 2. The number of sulfonamides is 1. The highest BCUT2D eigenvalue weighted by atomic mass is 32.2. The number of ether oxygens (including phenoxy) is 1. The van der Waals surface area contributed by atoms with Gasteiger partial charge in [0.2, 0.25) is 5.91 Å². The number of nitro benzene ring substituents is 1. The highest BCUT2D eigenvalue weighted by Gasteiger charge is 2.56. The fraction of sp³-hybridized carbons (Fsp3) is 0.556. The zero-order chi connectivity index (χ0) is 20.5. The summed E-state index contributed by atoms with van der Waals surface area (Å²) >= 11 is 0. The first kappa shape index (κ1) is 20.2. The molecule has 10 heteroatoms. The van der Waals surface area contributed by atoms with Crippen LogP contribution in [0.2, 0.25) is 0 Å². The number of hydrogen-bond donors (Lipinski definition) is 0. The van der Waals surface area contributed by atoms with E-state index in [1.165, 1.54) is 7.11 Å². The number of benzene rings is 1. The Morgan fingerprint density at radius 1 is 1.25 bits per heavy atom. The number of nitro groups is 1. The maximum Gasteiger partial charge on any atom is 0.306 e. The molecule has 0 radical (unpaired) electrons. The second kappa shape index (κ2) is 7.50. The minimum atomic E-state index is -4.20. The molecule has 1 saturated heterocycles. The Morgan fingerprint density at radius 3 is 2.39 bits per heavy atom. The number of hydrogen-bond acceptors (Lipinski definition) is 7. The SMILES string of the molecule is COC(=O)C[C@@H]1CC2(CCCCC2)N(S(=O)(=O)c2ccc([N+](=O)[O-])cc2)C1=O. The number of esters is 1. The molecule has 1 saturated carbocycles. The van der Waals surface area contributed by atoms with Gasteiger partial charge in [-0.1, -0.05) is 19.3 Å². The van der Waals surface area contributed by atoms with Crippen LogP contribution in [0.3, 0.4) is 0 Å². The number of methoxy groups -OCH3 is 1. The average molecular weight is 410 g/mol. The van der Waals surface area contributed by atoms with Gasteiger partial charge in [-0.15, -0.1) is 0 Å². The second-order valence-corrected chi connectivity index (χ2v) is 9.11. The minimum absolute atomic E-state index is 0.163. The van der Waals surface area contributed by atoms with Crippen molar-refractivity contribution in [1.82, 2.24) is 4.31 Å². The zero-order valence-corrected chi connectivity index (χ0v) is 16.3. The third-order valence-corrected chi connectivity index (χ3v) is 7.53. The topological polar surface area (TPSA) is 124 Å². The molecule has 28 heavy (non-hydrogen) atoms. The molecule has 3 rings (SSSR count). The van der Waals surface area contributed by atoms with Crippen LogP contribution >= 0.6 is 0 Å². The van der Waals surface area contributed by atoms with Crippen LogP contribution in [0.1, 0.15) is 44.9 Å². The Balaban J connectivity index is 2.00.